The zero-order chi connectivity index (χ0) is 17.5. The van der Waals surface area contributed by atoms with Crippen molar-refractivity contribution in [3.05, 3.63) is 18.2 Å². The van der Waals surface area contributed by atoms with Gasteiger partial charge in [0.25, 0.3) is 0 Å². The maximum Gasteiger partial charge on any atom is 0.416 e. The van der Waals surface area contributed by atoms with Gasteiger partial charge in [-0.05, 0) is 49.9 Å². The highest BCUT2D eigenvalue weighted by atomic mass is 16.6. The van der Waals surface area contributed by atoms with E-state index in [9.17, 15) is 4.79 Å². The van der Waals surface area contributed by atoms with E-state index in [0.29, 0.717) is 36.1 Å². The number of benzene rings is 1. The number of aromatic nitrogens is 1. The minimum absolute atomic E-state index is 0.325. The number of anilines is 1. The summed E-state index contributed by atoms with van der Waals surface area (Å²) >= 11 is 0. The largest absolute Gasteiger partial charge is 0.497 e. The number of hydrogen-bond acceptors (Lipinski definition) is 5. The molecular formula is C17H19BN2O4. The predicted molar refractivity (Wildman–Crippen MR) is 92.8 cm³/mol. The second-order valence-corrected chi connectivity index (χ2v) is 6.54. The molecule has 7 heteroatoms. The van der Waals surface area contributed by atoms with Gasteiger partial charge < -0.3 is 14.2 Å². The van der Waals surface area contributed by atoms with Crippen LogP contribution in [-0.2, 0) is 4.74 Å². The molecule has 0 N–H and O–H groups in total. The molecule has 0 aliphatic carbocycles. The van der Waals surface area contributed by atoms with E-state index in [1.165, 1.54) is 4.90 Å². The smallest absolute Gasteiger partial charge is 0.416 e. The molecule has 2 aromatic rings. The number of ether oxygens (including phenoxy) is 3. The molecule has 0 saturated carbocycles. The first-order valence-electron chi connectivity index (χ1n) is 7.70. The molecule has 124 valence electrons. The van der Waals surface area contributed by atoms with E-state index in [-0.39, 0.29) is 0 Å². The number of nitrogens with zero attached hydrogens (tertiary/aromatic N) is 2. The van der Waals surface area contributed by atoms with E-state index < -0.39 is 11.7 Å². The van der Waals surface area contributed by atoms with Crippen LogP contribution >= 0.6 is 0 Å². The van der Waals surface area contributed by atoms with Crippen molar-refractivity contribution in [1.82, 2.24) is 4.98 Å². The van der Waals surface area contributed by atoms with Gasteiger partial charge in [0, 0.05) is 5.39 Å². The van der Waals surface area contributed by atoms with Crippen molar-refractivity contribution in [1.29, 1.82) is 0 Å². The van der Waals surface area contributed by atoms with Crippen LogP contribution in [0, 0.1) is 0 Å². The van der Waals surface area contributed by atoms with Gasteiger partial charge in [-0.15, -0.1) is 0 Å². The van der Waals surface area contributed by atoms with Gasteiger partial charge >= 0.3 is 6.09 Å². The summed E-state index contributed by atoms with van der Waals surface area (Å²) in [5.41, 5.74) is -0.272. The molecule has 1 amide bonds. The number of hydrogen-bond donors (Lipinski definition) is 0. The highest BCUT2D eigenvalue weighted by molar-refractivity contribution is 6.37. The Morgan fingerprint density at radius 1 is 1.33 bits per heavy atom. The van der Waals surface area contributed by atoms with E-state index >= 15 is 0 Å². The first-order chi connectivity index (χ1) is 11.3. The first kappa shape index (κ1) is 16.4. The van der Waals surface area contributed by atoms with Crippen molar-refractivity contribution in [3.63, 3.8) is 0 Å². The topological polar surface area (TPSA) is 60.9 Å². The second kappa shape index (κ2) is 5.89. The van der Waals surface area contributed by atoms with E-state index in [1.807, 2.05) is 32.9 Å². The zero-order valence-electron chi connectivity index (χ0n) is 14.3. The highest BCUT2D eigenvalue weighted by Crippen LogP contribution is 2.37. The molecule has 1 aliphatic rings. The lowest BCUT2D eigenvalue weighted by molar-refractivity contribution is 0.0566. The summed E-state index contributed by atoms with van der Waals surface area (Å²) in [4.78, 5) is 18.3. The Labute approximate surface area is 142 Å². The van der Waals surface area contributed by atoms with Gasteiger partial charge in [-0.2, -0.15) is 0 Å². The van der Waals surface area contributed by atoms with Gasteiger partial charge in [-0.3, -0.25) is 4.90 Å². The highest BCUT2D eigenvalue weighted by Gasteiger charge is 2.31. The summed E-state index contributed by atoms with van der Waals surface area (Å²) < 4.78 is 16.5. The van der Waals surface area contributed by atoms with Crippen molar-refractivity contribution in [2.45, 2.75) is 26.4 Å². The summed E-state index contributed by atoms with van der Waals surface area (Å²) in [6.45, 7) is 6.16. The van der Waals surface area contributed by atoms with Crippen LogP contribution in [0.4, 0.5) is 10.6 Å². The Bertz CT molecular complexity index is 801. The van der Waals surface area contributed by atoms with Gasteiger partial charge in [0.1, 0.15) is 25.8 Å². The van der Waals surface area contributed by atoms with Crippen molar-refractivity contribution in [2.24, 2.45) is 0 Å². The Morgan fingerprint density at radius 3 is 2.75 bits per heavy atom. The van der Waals surface area contributed by atoms with Crippen molar-refractivity contribution in [2.75, 3.05) is 25.2 Å². The summed E-state index contributed by atoms with van der Waals surface area (Å²) in [5, 5.41) is 1.51. The standard InChI is InChI=1S/C17H19BN2O4/c1-17(2,3)24-16(21)20-7-8-23-13-12-9-10(22-4)5-6-11(12)14(18)19-15(13)20/h5-6,9H,7-8H2,1-4H3. The average molecular weight is 326 g/mol. The van der Waals surface area contributed by atoms with Gasteiger partial charge in [0.05, 0.1) is 13.7 Å². The number of carbonyl (C=O) groups excluding carboxylic acids is 1. The van der Waals surface area contributed by atoms with Gasteiger partial charge in [0.2, 0.25) is 0 Å². The third-order valence-corrected chi connectivity index (χ3v) is 3.61. The number of fused-ring (bicyclic) bond motifs is 3. The number of carbonyl (C=O) groups is 1. The predicted octanol–water partition coefficient (Wildman–Crippen LogP) is 2.17. The van der Waals surface area contributed by atoms with Gasteiger partial charge in [0.15, 0.2) is 11.6 Å². The second-order valence-electron chi connectivity index (χ2n) is 6.54. The van der Waals surface area contributed by atoms with E-state index in [1.54, 1.807) is 13.2 Å². The first-order valence-corrected chi connectivity index (χ1v) is 7.70. The number of methoxy groups -OCH3 is 1. The number of amides is 1. The fourth-order valence-electron chi connectivity index (χ4n) is 2.57. The molecule has 0 bridgehead atoms. The quantitative estimate of drug-likeness (QED) is 0.752. The lowest BCUT2D eigenvalue weighted by Crippen LogP contribution is -2.42. The molecule has 0 unspecified atom stereocenters. The van der Waals surface area contributed by atoms with Crippen LogP contribution in [0.15, 0.2) is 18.2 Å². The fraction of sp³-hybridized carbons (Fsp3) is 0.412. The summed E-state index contributed by atoms with van der Waals surface area (Å²) in [6, 6.07) is 5.46. The maximum absolute atomic E-state index is 12.5. The normalized spacial score (nSPS) is 14.1. The Hall–Kier alpha value is -2.44. The zero-order valence-corrected chi connectivity index (χ0v) is 14.3. The van der Waals surface area contributed by atoms with E-state index in [4.69, 9.17) is 22.1 Å². The van der Waals surface area contributed by atoms with Gasteiger partial charge in [-0.1, -0.05) is 0 Å². The molecule has 0 spiro atoms. The average Bonchev–Trinajstić information content (AvgIpc) is 2.52. The fourth-order valence-corrected chi connectivity index (χ4v) is 2.57. The van der Waals surface area contributed by atoms with Crippen molar-refractivity contribution >= 4 is 36.1 Å². The Morgan fingerprint density at radius 2 is 2.08 bits per heavy atom. The summed E-state index contributed by atoms with van der Waals surface area (Å²) in [6.07, 6.45) is -0.471. The van der Waals surface area contributed by atoms with Crippen LogP contribution in [0.1, 0.15) is 20.8 Å². The summed E-state index contributed by atoms with van der Waals surface area (Å²) in [5.74, 6) is 1.55. The van der Waals surface area contributed by atoms with Crippen LogP contribution in [0.2, 0.25) is 0 Å². The Kier molecular flexibility index (Phi) is 4.03. The van der Waals surface area contributed by atoms with E-state index in [0.717, 1.165) is 10.8 Å². The molecule has 1 aliphatic heterocycles. The van der Waals surface area contributed by atoms with Crippen molar-refractivity contribution < 1.29 is 19.0 Å². The van der Waals surface area contributed by atoms with Gasteiger partial charge in [-0.25, -0.2) is 9.78 Å². The molecule has 3 rings (SSSR count). The molecule has 2 radical (unpaired) electrons. The molecule has 0 atom stereocenters. The van der Waals surface area contributed by atoms with Crippen LogP contribution in [0.25, 0.3) is 10.8 Å². The lowest BCUT2D eigenvalue weighted by Gasteiger charge is -2.31. The molecule has 2 heterocycles. The molecule has 24 heavy (non-hydrogen) atoms. The van der Waals surface area contributed by atoms with Crippen LogP contribution < -0.4 is 20.0 Å². The third-order valence-electron chi connectivity index (χ3n) is 3.61. The minimum atomic E-state index is -0.596. The van der Waals surface area contributed by atoms with Crippen LogP contribution in [-0.4, -0.2) is 44.8 Å². The molecule has 6 nitrogen and oxygen atoms in total. The number of pyridine rings is 1. The Balaban J connectivity index is 2.12. The summed E-state index contributed by atoms with van der Waals surface area (Å²) in [7, 11) is 7.66. The monoisotopic (exact) mass is 326 g/mol. The number of rotatable bonds is 1. The van der Waals surface area contributed by atoms with Crippen LogP contribution in [0.5, 0.6) is 11.5 Å². The van der Waals surface area contributed by atoms with Crippen molar-refractivity contribution in [3.8, 4) is 11.5 Å². The van der Waals surface area contributed by atoms with Crippen LogP contribution in [0.3, 0.4) is 0 Å². The SMILES string of the molecule is [B]c1nc2c(c3cc(OC)ccc13)OCCN2C(=O)OC(C)(C)C. The lowest BCUT2D eigenvalue weighted by atomic mass is 9.95. The van der Waals surface area contributed by atoms with E-state index in [2.05, 4.69) is 4.98 Å². The molecule has 1 aromatic heterocycles. The third kappa shape index (κ3) is 2.98. The maximum atomic E-state index is 12.5. The molecule has 0 saturated heterocycles. The molecular weight excluding hydrogens is 307 g/mol. The molecule has 0 fully saturated rings. The molecule has 1 aromatic carbocycles. The minimum Gasteiger partial charge on any atom is -0.497 e.